The van der Waals surface area contributed by atoms with E-state index in [0.717, 1.165) is 37.3 Å². The number of pyridine rings is 1. The van der Waals surface area contributed by atoms with Gasteiger partial charge in [0, 0.05) is 24.9 Å². The molecule has 1 atom stereocenters. The fraction of sp³-hybridized carbons (Fsp3) is 0.600. The molecule has 0 radical (unpaired) electrons. The predicted octanol–water partition coefficient (Wildman–Crippen LogP) is 2.64. The van der Waals surface area contributed by atoms with E-state index in [4.69, 9.17) is 4.74 Å². The van der Waals surface area contributed by atoms with Gasteiger partial charge in [0.2, 0.25) is 0 Å². The molecule has 1 saturated heterocycles. The van der Waals surface area contributed by atoms with Crippen molar-refractivity contribution in [3.63, 3.8) is 0 Å². The molecule has 1 aliphatic rings. The van der Waals surface area contributed by atoms with Crippen molar-refractivity contribution >= 4 is 11.8 Å². The molecule has 5 nitrogen and oxygen atoms in total. The van der Waals surface area contributed by atoms with Crippen LogP contribution >= 0.6 is 0 Å². The average molecular weight is 277 g/mol. The molecule has 1 aromatic rings. The minimum absolute atomic E-state index is 0.143. The molecule has 0 bridgehead atoms. The van der Waals surface area contributed by atoms with Crippen molar-refractivity contribution in [2.75, 3.05) is 18.5 Å². The van der Waals surface area contributed by atoms with Crippen LogP contribution in [0.1, 0.15) is 31.0 Å². The minimum atomic E-state index is -0.193. The molecule has 0 aromatic carbocycles. The summed E-state index contributed by atoms with van der Waals surface area (Å²) in [6.07, 6.45) is 2.01. The maximum absolute atomic E-state index is 12.0. The third-order valence-corrected chi connectivity index (χ3v) is 3.67. The molecular weight excluding hydrogens is 254 g/mol. The number of aromatic nitrogens is 1. The Kier molecular flexibility index (Phi) is 4.95. The zero-order valence-electron chi connectivity index (χ0n) is 12.4. The quantitative estimate of drug-likeness (QED) is 0.892. The third-order valence-electron chi connectivity index (χ3n) is 3.67. The van der Waals surface area contributed by atoms with Crippen LogP contribution in [-0.2, 0) is 4.74 Å². The number of ether oxygens (including phenoxy) is 1. The van der Waals surface area contributed by atoms with Gasteiger partial charge in [-0.3, -0.25) is 5.32 Å². The van der Waals surface area contributed by atoms with Crippen molar-refractivity contribution in [2.24, 2.45) is 5.92 Å². The van der Waals surface area contributed by atoms with Crippen LogP contribution in [0.3, 0.4) is 0 Å². The van der Waals surface area contributed by atoms with Crippen LogP contribution in [0, 0.1) is 19.8 Å². The Hall–Kier alpha value is -1.62. The summed E-state index contributed by atoms with van der Waals surface area (Å²) in [6.45, 7) is 7.53. The lowest BCUT2D eigenvalue weighted by molar-refractivity contribution is 0.0573. The molecule has 20 heavy (non-hydrogen) atoms. The summed E-state index contributed by atoms with van der Waals surface area (Å²) in [7, 11) is 0. The van der Waals surface area contributed by atoms with Crippen molar-refractivity contribution in [1.82, 2.24) is 10.3 Å². The summed E-state index contributed by atoms with van der Waals surface area (Å²) in [5.74, 6) is 1.08. The molecule has 2 heterocycles. The van der Waals surface area contributed by atoms with E-state index in [1.807, 2.05) is 32.9 Å². The molecular formula is C15H23N3O2. The molecule has 110 valence electrons. The molecule has 2 rings (SSSR count). The van der Waals surface area contributed by atoms with E-state index in [-0.39, 0.29) is 12.1 Å². The number of amides is 2. The van der Waals surface area contributed by atoms with Crippen LogP contribution in [0.2, 0.25) is 0 Å². The SMILES string of the molecule is Cc1cc(C)nc(NC(=O)N[C@@H](C)C2CCOCC2)c1. The van der Waals surface area contributed by atoms with Gasteiger partial charge < -0.3 is 10.1 Å². The smallest absolute Gasteiger partial charge is 0.320 e. The van der Waals surface area contributed by atoms with Gasteiger partial charge in [0.25, 0.3) is 0 Å². The van der Waals surface area contributed by atoms with E-state index < -0.39 is 0 Å². The molecule has 1 aliphatic heterocycles. The van der Waals surface area contributed by atoms with E-state index in [1.54, 1.807) is 0 Å². The highest BCUT2D eigenvalue weighted by molar-refractivity contribution is 5.88. The lowest BCUT2D eigenvalue weighted by atomic mass is 9.93. The summed E-state index contributed by atoms with van der Waals surface area (Å²) in [6, 6.07) is 3.80. The number of aryl methyl sites for hydroxylation is 2. The number of anilines is 1. The van der Waals surface area contributed by atoms with Crippen LogP contribution in [0.15, 0.2) is 12.1 Å². The summed E-state index contributed by atoms with van der Waals surface area (Å²) in [4.78, 5) is 16.3. The van der Waals surface area contributed by atoms with Gasteiger partial charge in [-0.2, -0.15) is 0 Å². The van der Waals surface area contributed by atoms with Crippen molar-refractivity contribution < 1.29 is 9.53 Å². The second-order valence-corrected chi connectivity index (χ2v) is 5.51. The Morgan fingerprint density at radius 3 is 2.70 bits per heavy atom. The average Bonchev–Trinajstić information content (AvgIpc) is 2.38. The first kappa shape index (κ1) is 14.8. The number of urea groups is 1. The summed E-state index contributed by atoms with van der Waals surface area (Å²) in [5, 5.41) is 5.79. The maximum Gasteiger partial charge on any atom is 0.320 e. The van der Waals surface area contributed by atoms with E-state index in [0.29, 0.717) is 11.7 Å². The molecule has 2 amide bonds. The van der Waals surface area contributed by atoms with E-state index in [2.05, 4.69) is 15.6 Å². The van der Waals surface area contributed by atoms with Crippen molar-refractivity contribution in [1.29, 1.82) is 0 Å². The first-order chi connectivity index (χ1) is 9.54. The molecule has 0 unspecified atom stereocenters. The third kappa shape index (κ3) is 4.20. The topological polar surface area (TPSA) is 63.2 Å². The van der Waals surface area contributed by atoms with Gasteiger partial charge in [-0.15, -0.1) is 0 Å². The standard InChI is InChI=1S/C15H23N3O2/c1-10-8-11(2)16-14(9-10)18-15(19)17-12(3)13-4-6-20-7-5-13/h8-9,12-13H,4-7H2,1-3H3,(H2,16,17,18,19)/t12-/m0/s1. The summed E-state index contributed by atoms with van der Waals surface area (Å²) in [5.41, 5.74) is 1.99. The number of carbonyl (C=O) groups is 1. The maximum atomic E-state index is 12.0. The molecule has 0 saturated carbocycles. The number of rotatable bonds is 3. The first-order valence-electron chi connectivity index (χ1n) is 7.15. The molecule has 2 N–H and O–H groups in total. The number of hydrogen-bond donors (Lipinski definition) is 2. The van der Waals surface area contributed by atoms with Gasteiger partial charge >= 0.3 is 6.03 Å². The Bertz CT molecular complexity index is 450. The number of carbonyl (C=O) groups excluding carboxylic acids is 1. The van der Waals surface area contributed by atoms with Crippen molar-refractivity contribution in [2.45, 2.75) is 39.7 Å². The second kappa shape index (κ2) is 6.70. The van der Waals surface area contributed by atoms with Crippen LogP contribution in [-0.4, -0.2) is 30.3 Å². The Labute approximate surface area is 120 Å². The highest BCUT2D eigenvalue weighted by Gasteiger charge is 2.21. The van der Waals surface area contributed by atoms with E-state index in [9.17, 15) is 4.79 Å². The molecule has 5 heteroatoms. The van der Waals surface area contributed by atoms with Gasteiger partial charge in [-0.05, 0) is 57.2 Å². The zero-order valence-corrected chi connectivity index (χ0v) is 12.4. The van der Waals surface area contributed by atoms with Gasteiger partial charge in [-0.1, -0.05) is 0 Å². The lowest BCUT2D eigenvalue weighted by Crippen LogP contribution is -2.42. The number of nitrogens with zero attached hydrogens (tertiary/aromatic N) is 1. The van der Waals surface area contributed by atoms with Crippen LogP contribution in [0.4, 0.5) is 10.6 Å². The van der Waals surface area contributed by atoms with E-state index >= 15 is 0 Å². The Balaban J connectivity index is 1.88. The summed E-state index contributed by atoms with van der Waals surface area (Å²) >= 11 is 0. The fourth-order valence-electron chi connectivity index (χ4n) is 2.60. The van der Waals surface area contributed by atoms with Crippen LogP contribution in [0.5, 0.6) is 0 Å². The summed E-state index contributed by atoms with van der Waals surface area (Å²) < 4.78 is 5.34. The fourth-order valence-corrected chi connectivity index (χ4v) is 2.60. The minimum Gasteiger partial charge on any atom is -0.381 e. The number of hydrogen-bond acceptors (Lipinski definition) is 3. The Morgan fingerprint density at radius 2 is 2.05 bits per heavy atom. The predicted molar refractivity (Wildman–Crippen MR) is 78.9 cm³/mol. The van der Waals surface area contributed by atoms with Gasteiger partial charge in [0.15, 0.2) is 0 Å². The van der Waals surface area contributed by atoms with Crippen molar-refractivity contribution in [3.8, 4) is 0 Å². The lowest BCUT2D eigenvalue weighted by Gasteiger charge is -2.28. The first-order valence-corrected chi connectivity index (χ1v) is 7.15. The zero-order chi connectivity index (χ0) is 14.5. The monoisotopic (exact) mass is 277 g/mol. The molecule has 1 fully saturated rings. The van der Waals surface area contributed by atoms with Gasteiger partial charge in [0.05, 0.1) is 0 Å². The molecule has 0 aliphatic carbocycles. The second-order valence-electron chi connectivity index (χ2n) is 5.51. The normalized spacial score (nSPS) is 17.6. The van der Waals surface area contributed by atoms with E-state index in [1.165, 1.54) is 0 Å². The van der Waals surface area contributed by atoms with Gasteiger partial charge in [-0.25, -0.2) is 9.78 Å². The molecule has 1 aromatic heterocycles. The Morgan fingerprint density at radius 1 is 1.35 bits per heavy atom. The highest BCUT2D eigenvalue weighted by atomic mass is 16.5. The highest BCUT2D eigenvalue weighted by Crippen LogP contribution is 2.18. The van der Waals surface area contributed by atoms with Crippen LogP contribution in [0.25, 0.3) is 0 Å². The van der Waals surface area contributed by atoms with Gasteiger partial charge in [0.1, 0.15) is 5.82 Å². The molecule has 0 spiro atoms. The van der Waals surface area contributed by atoms with Crippen LogP contribution < -0.4 is 10.6 Å². The number of nitrogens with one attached hydrogen (secondary N) is 2. The van der Waals surface area contributed by atoms with Crippen molar-refractivity contribution in [3.05, 3.63) is 23.4 Å². The largest absolute Gasteiger partial charge is 0.381 e.